The topological polar surface area (TPSA) is 38.0 Å². The second-order valence-electron chi connectivity index (χ2n) is 5.63. The quantitative estimate of drug-likeness (QED) is 0.868. The van der Waals surface area contributed by atoms with E-state index >= 15 is 0 Å². The molecule has 1 saturated carbocycles. The summed E-state index contributed by atoms with van der Waals surface area (Å²) in [5.41, 5.74) is 1.01. The van der Waals surface area contributed by atoms with E-state index in [9.17, 15) is 5.11 Å². The first-order valence-corrected chi connectivity index (χ1v) is 7.46. The van der Waals surface area contributed by atoms with Crippen molar-refractivity contribution in [2.45, 2.75) is 65.0 Å². The van der Waals surface area contributed by atoms with Gasteiger partial charge in [0.25, 0.3) is 0 Å². The zero-order valence-electron chi connectivity index (χ0n) is 11.7. The second-order valence-corrected chi connectivity index (χ2v) is 5.63. The fourth-order valence-corrected chi connectivity index (χ4v) is 3.22. The number of hydrogen-bond acceptors (Lipinski definition) is 2. The highest BCUT2D eigenvalue weighted by atomic mass is 16.3. The number of aliphatic hydroxyl groups is 1. The SMILES string of the molecule is CCCn1nccc1C(O)C1CCCC(CC)C1. The smallest absolute Gasteiger partial charge is 0.0984 e. The maximum atomic E-state index is 10.6. The molecule has 0 radical (unpaired) electrons. The molecule has 1 aromatic rings. The van der Waals surface area contributed by atoms with Crippen molar-refractivity contribution in [2.75, 3.05) is 0 Å². The number of aliphatic hydroxyl groups excluding tert-OH is 1. The lowest BCUT2D eigenvalue weighted by atomic mass is 9.77. The summed E-state index contributed by atoms with van der Waals surface area (Å²) in [6.07, 6.45) is 8.74. The summed E-state index contributed by atoms with van der Waals surface area (Å²) in [6, 6.07) is 1.98. The average molecular weight is 250 g/mol. The van der Waals surface area contributed by atoms with Gasteiger partial charge in [-0.15, -0.1) is 0 Å². The molecule has 3 heteroatoms. The van der Waals surface area contributed by atoms with Crippen LogP contribution in [0, 0.1) is 11.8 Å². The second kappa shape index (κ2) is 6.37. The van der Waals surface area contributed by atoms with Gasteiger partial charge < -0.3 is 5.11 Å². The Morgan fingerprint density at radius 3 is 3.00 bits per heavy atom. The van der Waals surface area contributed by atoms with Crippen LogP contribution in [0.15, 0.2) is 12.3 Å². The summed E-state index contributed by atoms with van der Waals surface area (Å²) in [5, 5.41) is 14.9. The van der Waals surface area contributed by atoms with Gasteiger partial charge in [-0.3, -0.25) is 4.68 Å². The third-order valence-electron chi connectivity index (χ3n) is 4.34. The number of aryl methyl sites for hydroxylation is 1. The lowest BCUT2D eigenvalue weighted by Crippen LogP contribution is -2.23. The van der Waals surface area contributed by atoms with Crippen molar-refractivity contribution < 1.29 is 5.11 Å². The Labute approximate surface area is 110 Å². The minimum Gasteiger partial charge on any atom is -0.387 e. The number of aromatic nitrogens is 2. The molecule has 1 N–H and O–H groups in total. The molecule has 1 aliphatic carbocycles. The normalized spacial score (nSPS) is 26.2. The molecule has 3 unspecified atom stereocenters. The van der Waals surface area contributed by atoms with Crippen LogP contribution in [0.25, 0.3) is 0 Å². The molecule has 1 aliphatic rings. The Morgan fingerprint density at radius 1 is 1.44 bits per heavy atom. The maximum absolute atomic E-state index is 10.6. The Bertz CT molecular complexity index is 361. The molecule has 0 amide bonds. The van der Waals surface area contributed by atoms with Crippen LogP contribution in [0.3, 0.4) is 0 Å². The van der Waals surface area contributed by atoms with Gasteiger partial charge in [0, 0.05) is 12.7 Å². The first kappa shape index (κ1) is 13.6. The standard InChI is InChI=1S/C15H26N2O/c1-3-10-17-14(8-9-16-17)15(18)13-7-5-6-12(4-2)11-13/h8-9,12-13,15,18H,3-7,10-11H2,1-2H3. The summed E-state index contributed by atoms with van der Waals surface area (Å²) in [5.74, 6) is 1.23. The van der Waals surface area contributed by atoms with E-state index in [4.69, 9.17) is 0 Å². The monoisotopic (exact) mass is 250 g/mol. The van der Waals surface area contributed by atoms with E-state index in [-0.39, 0.29) is 6.10 Å². The molecule has 0 aliphatic heterocycles. The third kappa shape index (κ3) is 2.94. The molecule has 0 saturated heterocycles. The van der Waals surface area contributed by atoms with E-state index < -0.39 is 0 Å². The van der Waals surface area contributed by atoms with E-state index in [1.165, 1.54) is 25.7 Å². The van der Waals surface area contributed by atoms with E-state index in [2.05, 4.69) is 18.9 Å². The van der Waals surface area contributed by atoms with Crippen molar-refractivity contribution in [3.8, 4) is 0 Å². The maximum Gasteiger partial charge on any atom is 0.0984 e. The Kier molecular flexibility index (Phi) is 4.81. The van der Waals surface area contributed by atoms with Crippen LogP contribution in [0.2, 0.25) is 0 Å². The van der Waals surface area contributed by atoms with Gasteiger partial charge in [-0.05, 0) is 37.2 Å². The van der Waals surface area contributed by atoms with Gasteiger partial charge in [0.2, 0.25) is 0 Å². The molecule has 0 bridgehead atoms. The Balaban J connectivity index is 2.05. The van der Waals surface area contributed by atoms with Gasteiger partial charge >= 0.3 is 0 Å². The van der Waals surface area contributed by atoms with Gasteiger partial charge in [0.05, 0.1) is 11.8 Å². The van der Waals surface area contributed by atoms with Crippen molar-refractivity contribution in [1.29, 1.82) is 0 Å². The Hall–Kier alpha value is -0.830. The predicted octanol–water partition coefficient (Wildman–Crippen LogP) is 3.54. The third-order valence-corrected chi connectivity index (χ3v) is 4.34. The molecule has 1 aromatic heterocycles. The van der Waals surface area contributed by atoms with E-state index in [1.54, 1.807) is 0 Å². The lowest BCUT2D eigenvalue weighted by molar-refractivity contribution is 0.0606. The van der Waals surface area contributed by atoms with Crippen molar-refractivity contribution in [2.24, 2.45) is 11.8 Å². The van der Waals surface area contributed by atoms with Crippen molar-refractivity contribution in [3.63, 3.8) is 0 Å². The highest BCUT2D eigenvalue weighted by Crippen LogP contribution is 2.38. The Morgan fingerprint density at radius 2 is 2.28 bits per heavy atom. The molecule has 3 atom stereocenters. The van der Waals surface area contributed by atoms with Crippen LogP contribution in [0.1, 0.15) is 64.2 Å². The largest absolute Gasteiger partial charge is 0.387 e. The fraction of sp³-hybridized carbons (Fsp3) is 0.800. The van der Waals surface area contributed by atoms with Gasteiger partial charge in [-0.25, -0.2) is 0 Å². The van der Waals surface area contributed by atoms with Crippen LogP contribution < -0.4 is 0 Å². The summed E-state index contributed by atoms with van der Waals surface area (Å²) in [4.78, 5) is 0. The minimum atomic E-state index is -0.326. The molecular formula is C15H26N2O. The summed E-state index contributed by atoms with van der Waals surface area (Å²) < 4.78 is 1.97. The summed E-state index contributed by atoms with van der Waals surface area (Å²) in [6.45, 7) is 5.32. The molecular weight excluding hydrogens is 224 g/mol. The van der Waals surface area contributed by atoms with Gasteiger partial charge in [-0.1, -0.05) is 33.1 Å². The zero-order chi connectivity index (χ0) is 13.0. The minimum absolute atomic E-state index is 0.326. The fourth-order valence-electron chi connectivity index (χ4n) is 3.22. The number of hydrogen-bond donors (Lipinski definition) is 1. The average Bonchev–Trinajstić information content (AvgIpc) is 2.86. The van der Waals surface area contributed by atoms with Crippen molar-refractivity contribution in [1.82, 2.24) is 9.78 Å². The van der Waals surface area contributed by atoms with Gasteiger partial charge in [0.1, 0.15) is 0 Å². The van der Waals surface area contributed by atoms with E-state index in [0.29, 0.717) is 5.92 Å². The van der Waals surface area contributed by atoms with Gasteiger partial charge in [-0.2, -0.15) is 5.10 Å². The first-order valence-electron chi connectivity index (χ1n) is 7.46. The number of nitrogens with zero attached hydrogens (tertiary/aromatic N) is 2. The van der Waals surface area contributed by atoms with Crippen molar-refractivity contribution in [3.05, 3.63) is 18.0 Å². The van der Waals surface area contributed by atoms with E-state index in [1.807, 2.05) is 16.9 Å². The molecule has 102 valence electrons. The van der Waals surface area contributed by atoms with Crippen LogP contribution in [-0.4, -0.2) is 14.9 Å². The summed E-state index contributed by atoms with van der Waals surface area (Å²) in [7, 11) is 0. The lowest BCUT2D eigenvalue weighted by Gasteiger charge is -2.32. The van der Waals surface area contributed by atoms with E-state index in [0.717, 1.165) is 31.0 Å². The molecule has 0 spiro atoms. The van der Waals surface area contributed by atoms with Crippen LogP contribution >= 0.6 is 0 Å². The molecule has 3 nitrogen and oxygen atoms in total. The first-order chi connectivity index (χ1) is 8.76. The zero-order valence-corrected chi connectivity index (χ0v) is 11.7. The molecule has 0 aromatic carbocycles. The number of rotatable bonds is 5. The predicted molar refractivity (Wildman–Crippen MR) is 73.2 cm³/mol. The van der Waals surface area contributed by atoms with Crippen molar-refractivity contribution >= 4 is 0 Å². The molecule has 1 fully saturated rings. The highest BCUT2D eigenvalue weighted by Gasteiger charge is 2.29. The van der Waals surface area contributed by atoms with Crippen LogP contribution in [0.5, 0.6) is 0 Å². The van der Waals surface area contributed by atoms with Gasteiger partial charge in [0.15, 0.2) is 0 Å². The molecule has 2 rings (SSSR count). The molecule has 18 heavy (non-hydrogen) atoms. The summed E-state index contributed by atoms with van der Waals surface area (Å²) >= 11 is 0. The van der Waals surface area contributed by atoms with Crippen LogP contribution in [0.4, 0.5) is 0 Å². The molecule has 1 heterocycles. The highest BCUT2D eigenvalue weighted by molar-refractivity contribution is 5.06. The van der Waals surface area contributed by atoms with Crippen LogP contribution in [-0.2, 0) is 6.54 Å².